The van der Waals surface area contributed by atoms with Crippen molar-refractivity contribution in [3.05, 3.63) is 218 Å². The summed E-state index contributed by atoms with van der Waals surface area (Å²) in [6, 6.07) is 78.3. The summed E-state index contributed by atoms with van der Waals surface area (Å²) in [6.45, 7) is 0. The molecule has 0 aliphatic heterocycles. The third-order valence-electron chi connectivity index (χ3n) is 11.2. The molecule has 0 N–H and O–H groups in total. The first kappa shape index (κ1) is 32.8. The van der Waals surface area contributed by atoms with Gasteiger partial charge in [0, 0.05) is 44.2 Å². The number of hydrogen-bond acceptors (Lipinski definition) is 2. The minimum atomic E-state index is 0.888. The van der Waals surface area contributed by atoms with Crippen molar-refractivity contribution in [3.63, 3.8) is 0 Å². The van der Waals surface area contributed by atoms with Crippen LogP contribution in [0.15, 0.2) is 223 Å². The second-order valence-electron chi connectivity index (χ2n) is 14.5. The van der Waals surface area contributed by atoms with Gasteiger partial charge in [0.25, 0.3) is 0 Å². The van der Waals surface area contributed by atoms with Crippen molar-refractivity contribution >= 4 is 60.8 Å². The molecule has 11 rings (SSSR count). The molecule has 0 bridgehead atoms. The molecular weight excluding hydrogens is 693 g/mol. The summed E-state index contributed by atoms with van der Waals surface area (Å²) < 4.78 is 8.74. The van der Waals surface area contributed by atoms with E-state index in [2.05, 4.69) is 216 Å². The number of anilines is 3. The van der Waals surface area contributed by atoms with Crippen molar-refractivity contribution in [3.8, 4) is 39.1 Å². The van der Waals surface area contributed by atoms with E-state index in [1.165, 1.54) is 21.9 Å². The number of fused-ring (bicyclic) bond motifs is 6. The molecule has 0 saturated heterocycles. The molecule has 2 aromatic heterocycles. The van der Waals surface area contributed by atoms with Crippen molar-refractivity contribution in [1.82, 2.24) is 4.57 Å². The molecule has 2 heterocycles. The Morgan fingerprint density at radius 3 is 1.61 bits per heavy atom. The Morgan fingerprint density at radius 1 is 0.368 bits per heavy atom. The summed E-state index contributed by atoms with van der Waals surface area (Å²) >= 11 is 0. The molecule has 3 nitrogen and oxygen atoms in total. The second kappa shape index (κ2) is 13.6. The standard InChI is InChI=1S/C54H36N2O/c1-4-16-37(17-5-1)39-20-14-24-43(34-39)55(44-25-15-21-40(35-44)38-18-6-2-7-19-38)50-32-31-45(41-30-33-52-48(36-41)46-26-11-13-29-51(46)57-52)54-53(50)47-27-10-12-28-49(47)56(54)42-22-8-3-9-23-42/h1-36H. The molecule has 0 aliphatic rings. The average Bonchev–Trinajstić information content (AvgIpc) is 3.84. The maximum Gasteiger partial charge on any atom is 0.135 e. The highest BCUT2D eigenvalue weighted by atomic mass is 16.3. The molecule has 3 heteroatoms. The molecule has 11 aromatic rings. The van der Waals surface area contributed by atoms with Crippen molar-refractivity contribution in [2.45, 2.75) is 0 Å². The smallest absolute Gasteiger partial charge is 0.135 e. The van der Waals surface area contributed by atoms with Gasteiger partial charge in [0.2, 0.25) is 0 Å². The fourth-order valence-electron chi connectivity index (χ4n) is 8.57. The van der Waals surface area contributed by atoms with Gasteiger partial charge >= 0.3 is 0 Å². The first-order valence-electron chi connectivity index (χ1n) is 19.4. The van der Waals surface area contributed by atoms with Crippen LogP contribution >= 0.6 is 0 Å². The fourth-order valence-corrected chi connectivity index (χ4v) is 8.57. The molecule has 268 valence electrons. The van der Waals surface area contributed by atoms with Crippen LogP contribution in [0.4, 0.5) is 17.1 Å². The zero-order valence-electron chi connectivity index (χ0n) is 31.1. The quantitative estimate of drug-likeness (QED) is 0.163. The van der Waals surface area contributed by atoms with Gasteiger partial charge in [-0.05, 0) is 94.5 Å². The predicted molar refractivity (Wildman–Crippen MR) is 239 cm³/mol. The van der Waals surface area contributed by atoms with Gasteiger partial charge < -0.3 is 13.9 Å². The lowest BCUT2D eigenvalue weighted by Crippen LogP contribution is -2.11. The van der Waals surface area contributed by atoms with Crippen LogP contribution < -0.4 is 4.90 Å². The normalized spacial score (nSPS) is 11.5. The van der Waals surface area contributed by atoms with E-state index in [1.54, 1.807) is 0 Å². The van der Waals surface area contributed by atoms with Gasteiger partial charge in [-0.15, -0.1) is 0 Å². The van der Waals surface area contributed by atoms with Crippen LogP contribution in [0.3, 0.4) is 0 Å². The maximum absolute atomic E-state index is 6.29. The topological polar surface area (TPSA) is 21.3 Å². The summed E-state index contributed by atoms with van der Waals surface area (Å²) in [4.78, 5) is 2.44. The van der Waals surface area contributed by atoms with E-state index in [4.69, 9.17) is 4.42 Å². The van der Waals surface area contributed by atoms with Crippen LogP contribution in [-0.4, -0.2) is 4.57 Å². The molecule has 0 amide bonds. The summed E-state index contributed by atoms with van der Waals surface area (Å²) in [5.74, 6) is 0. The van der Waals surface area contributed by atoms with E-state index in [-0.39, 0.29) is 0 Å². The number of hydrogen-bond donors (Lipinski definition) is 0. The molecule has 0 unspecified atom stereocenters. The number of aromatic nitrogens is 1. The maximum atomic E-state index is 6.29. The molecule has 0 fully saturated rings. The zero-order valence-corrected chi connectivity index (χ0v) is 31.1. The number of rotatable bonds is 7. The number of benzene rings is 9. The molecule has 0 radical (unpaired) electrons. The first-order chi connectivity index (χ1) is 28.3. The van der Waals surface area contributed by atoms with E-state index in [0.717, 1.165) is 78.0 Å². The van der Waals surface area contributed by atoms with E-state index in [9.17, 15) is 0 Å². The van der Waals surface area contributed by atoms with Crippen molar-refractivity contribution < 1.29 is 4.42 Å². The Hall–Kier alpha value is -7.62. The number of para-hydroxylation sites is 3. The second-order valence-corrected chi connectivity index (χ2v) is 14.5. The van der Waals surface area contributed by atoms with E-state index < -0.39 is 0 Å². The van der Waals surface area contributed by atoms with Gasteiger partial charge in [-0.1, -0.05) is 152 Å². The molecule has 0 atom stereocenters. The third-order valence-corrected chi connectivity index (χ3v) is 11.2. The Bertz CT molecular complexity index is 3150. The summed E-state index contributed by atoms with van der Waals surface area (Å²) in [5.41, 5.74) is 15.4. The van der Waals surface area contributed by atoms with Gasteiger partial charge in [0.1, 0.15) is 11.2 Å². The van der Waals surface area contributed by atoms with E-state index in [1.807, 2.05) is 12.1 Å². The van der Waals surface area contributed by atoms with Crippen molar-refractivity contribution in [2.24, 2.45) is 0 Å². The SMILES string of the molecule is c1ccc(-c2cccc(N(c3cccc(-c4ccccc4)c3)c3ccc(-c4ccc5oc6ccccc6c5c4)c4c3c3ccccc3n4-c3ccccc3)c2)cc1. The highest BCUT2D eigenvalue weighted by Crippen LogP contribution is 2.48. The zero-order chi connectivity index (χ0) is 37.7. The van der Waals surface area contributed by atoms with Crippen molar-refractivity contribution in [2.75, 3.05) is 4.90 Å². The summed E-state index contributed by atoms with van der Waals surface area (Å²) in [6.07, 6.45) is 0. The molecule has 57 heavy (non-hydrogen) atoms. The van der Waals surface area contributed by atoms with Crippen LogP contribution in [0.2, 0.25) is 0 Å². The molecule has 9 aromatic carbocycles. The highest BCUT2D eigenvalue weighted by molar-refractivity contribution is 6.21. The van der Waals surface area contributed by atoms with Crippen LogP contribution in [0.25, 0.3) is 82.8 Å². The number of furan rings is 1. The molecular formula is C54H36N2O. The highest BCUT2D eigenvalue weighted by Gasteiger charge is 2.25. The van der Waals surface area contributed by atoms with Crippen LogP contribution in [0, 0.1) is 0 Å². The van der Waals surface area contributed by atoms with Crippen LogP contribution in [-0.2, 0) is 0 Å². The fraction of sp³-hybridized carbons (Fsp3) is 0. The molecule has 0 spiro atoms. The Labute approximate surface area is 330 Å². The van der Waals surface area contributed by atoms with Gasteiger partial charge in [-0.2, -0.15) is 0 Å². The lowest BCUT2D eigenvalue weighted by molar-refractivity contribution is 0.669. The summed E-state index contributed by atoms with van der Waals surface area (Å²) in [7, 11) is 0. The third kappa shape index (κ3) is 5.60. The van der Waals surface area contributed by atoms with E-state index in [0.29, 0.717) is 0 Å². The van der Waals surface area contributed by atoms with Gasteiger partial charge in [-0.3, -0.25) is 0 Å². The van der Waals surface area contributed by atoms with E-state index >= 15 is 0 Å². The van der Waals surface area contributed by atoms with Crippen LogP contribution in [0.5, 0.6) is 0 Å². The predicted octanol–water partition coefficient (Wildman–Crippen LogP) is 15.2. The average molecular weight is 729 g/mol. The monoisotopic (exact) mass is 728 g/mol. The van der Waals surface area contributed by atoms with Gasteiger partial charge in [0.05, 0.1) is 16.7 Å². The Kier molecular flexibility index (Phi) is 7.82. The lowest BCUT2D eigenvalue weighted by Gasteiger charge is -2.28. The number of nitrogens with zero attached hydrogens (tertiary/aromatic N) is 2. The Morgan fingerprint density at radius 2 is 0.930 bits per heavy atom. The summed E-state index contributed by atoms with van der Waals surface area (Å²) in [5, 5.41) is 4.60. The van der Waals surface area contributed by atoms with Crippen LogP contribution in [0.1, 0.15) is 0 Å². The van der Waals surface area contributed by atoms with Gasteiger partial charge in [-0.25, -0.2) is 0 Å². The lowest BCUT2D eigenvalue weighted by atomic mass is 9.97. The minimum Gasteiger partial charge on any atom is -0.456 e. The largest absolute Gasteiger partial charge is 0.456 e. The van der Waals surface area contributed by atoms with Crippen molar-refractivity contribution in [1.29, 1.82) is 0 Å². The molecule has 0 saturated carbocycles. The van der Waals surface area contributed by atoms with Gasteiger partial charge in [0.15, 0.2) is 0 Å². The minimum absolute atomic E-state index is 0.888. The molecule has 0 aliphatic carbocycles. The first-order valence-corrected chi connectivity index (χ1v) is 19.4. The Balaban J connectivity index is 1.24.